The third-order valence-corrected chi connectivity index (χ3v) is 7.13. The first-order valence-corrected chi connectivity index (χ1v) is 11.7. The summed E-state index contributed by atoms with van der Waals surface area (Å²) in [6.07, 6.45) is 0. The number of morpholine rings is 1. The largest absolute Gasteiger partial charge is 0.497 e. The van der Waals surface area contributed by atoms with Gasteiger partial charge < -0.3 is 18.7 Å². The zero-order valence-electron chi connectivity index (χ0n) is 17.6. The summed E-state index contributed by atoms with van der Waals surface area (Å²) >= 11 is 6.13. The Balaban J connectivity index is 1.45. The molecular formula is C21H20ClN3O7S. The van der Waals surface area contributed by atoms with Gasteiger partial charge in [0.1, 0.15) is 5.75 Å². The van der Waals surface area contributed by atoms with Crippen molar-refractivity contribution in [3.05, 3.63) is 58.9 Å². The average molecular weight is 494 g/mol. The van der Waals surface area contributed by atoms with E-state index in [9.17, 15) is 13.2 Å². The third-order valence-electron chi connectivity index (χ3n) is 4.91. The van der Waals surface area contributed by atoms with E-state index in [1.807, 2.05) is 0 Å². The maximum absolute atomic E-state index is 12.9. The lowest BCUT2D eigenvalue weighted by Crippen LogP contribution is -2.40. The lowest BCUT2D eigenvalue weighted by atomic mass is 10.2. The van der Waals surface area contributed by atoms with Gasteiger partial charge in [0.25, 0.3) is 5.89 Å². The van der Waals surface area contributed by atoms with Gasteiger partial charge in [-0.2, -0.15) is 9.29 Å². The van der Waals surface area contributed by atoms with Crippen molar-refractivity contribution < 1.29 is 31.9 Å². The summed E-state index contributed by atoms with van der Waals surface area (Å²) < 4.78 is 47.7. The number of ether oxygens (including phenoxy) is 3. The van der Waals surface area contributed by atoms with E-state index >= 15 is 0 Å². The van der Waals surface area contributed by atoms with Crippen LogP contribution in [-0.2, 0) is 26.1 Å². The fourth-order valence-electron chi connectivity index (χ4n) is 3.13. The van der Waals surface area contributed by atoms with Gasteiger partial charge in [-0.1, -0.05) is 16.8 Å². The molecule has 0 spiro atoms. The van der Waals surface area contributed by atoms with Crippen LogP contribution >= 0.6 is 11.6 Å². The van der Waals surface area contributed by atoms with Crippen molar-refractivity contribution in [2.75, 3.05) is 33.4 Å². The molecule has 174 valence electrons. The van der Waals surface area contributed by atoms with Crippen LogP contribution in [0.1, 0.15) is 16.2 Å². The number of sulfonamides is 1. The van der Waals surface area contributed by atoms with Crippen molar-refractivity contribution in [3.63, 3.8) is 0 Å². The lowest BCUT2D eigenvalue weighted by Gasteiger charge is -2.26. The molecule has 0 aliphatic carbocycles. The molecule has 33 heavy (non-hydrogen) atoms. The molecule has 0 amide bonds. The van der Waals surface area contributed by atoms with Crippen LogP contribution in [0.2, 0.25) is 5.02 Å². The van der Waals surface area contributed by atoms with Crippen LogP contribution < -0.4 is 4.74 Å². The number of rotatable bonds is 7. The van der Waals surface area contributed by atoms with Gasteiger partial charge in [0.15, 0.2) is 6.61 Å². The molecule has 0 atom stereocenters. The van der Waals surface area contributed by atoms with Crippen molar-refractivity contribution in [2.45, 2.75) is 11.5 Å². The predicted octanol–water partition coefficient (Wildman–Crippen LogP) is 2.78. The first-order chi connectivity index (χ1) is 15.9. The molecule has 4 rings (SSSR count). The highest BCUT2D eigenvalue weighted by molar-refractivity contribution is 7.89. The number of aromatic nitrogens is 2. The summed E-state index contributed by atoms with van der Waals surface area (Å²) in [5.41, 5.74) is 0.613. The smallest absolute Gasteiger partial charge is 0.340 e. The number of nitrogens with zero attached hydrogens (tertiary/aromatic N) is 3. The molecule has 0 saturated carbocycles. The van der Waals surface area contributed by atoms with Crippen LogP contribution in [0.15, 0.2) is 51.9 Å². The fraction of sp³-hybridized carbons (Fsp3) is 0.286. The number of methoxy groups -OCH3 is 1. The Morgan fingerprint density at radius 1 is 1.15 bits per heavy atom. The maximum atomic E-state index is 12.9. The van der Waals surface area contributed by atoms with Crippen molar-refractivity contribution in [1.82, 2.24) is 14.4 Å². The predicted molar refractivity (Wildman–Crippen MR) is 116 cm³/mol. The zero-order chi connectivity index (χ0) is 23.4. The molecule has 12 heteroatoms. The van der Waals surface area contributed by atoms with E-state index in [0.29, 0.717) is 30.4 Å². The summed E-state index contributed by atoms with van der Waals surface area (Å²) in [6.45, 7) is 0.782. The van der Waals surface area contributed by atoms with Gasteiger partial charge in [-0.3, -0.25) is 0 Å². The second-order valence-corrected chi connectivity index (χ2v) is 9.32. The molecule has 0 radical (unpaired) electrons. The van der Waals surface area contributed by atoms with Crippen molar-refractivity contribution in [2.24, 2.45) is 0 Å². The monoisotopic (exact) mass is 493 g/mol. The number of halogens is 1. The van der Waals surface area contributed by atoms with Crippen LogP contribution in [0.25, 0.3) is 11.4 Å². The third kappa shape index (κ3) is 5.17. The minimum Gasteiger partial charge on any atom is -0.497 e. The van der Waals surface area contributed by atoms with Gasteiger partial charge >= 0.3 is 5.97 Å². The molecule has 10 nitrogen and oxygen atoms in total. The quantitative estimate of drug-likeness (QED) is 0.457. The van der Waals surface area contributed by atoms with E-state index in [2.05, 4.69) is 10.1 Å². The Morgan fingerprint density at radius 2 is 1.88 bits per heavy atom. The summed E-state index contributed by atoms with van der Waals surface area (Å²) in [4.78, 5) is 16.7. The maximum Gasteiger partial charge on any atom is 0.340 e. The summed E-state index contributed by atoms with van der Waals surface area (Å²) in [5, 5.41) is 3.93. The Hall–Kier alpha value is -2.99. The Morgan fingerprint density at radius 3 is 2.58 bits per heavy atom. The number of carbonyl (C=O) groups is 1. The second kappa shape index (κ2) is 9.87. The first kappa shape index (κ1) is 23.2. The van der Waals surface area contributed by atoms with E-state index in [4.69, 9.17) is 30.3 Å². The minimum atomic E-state index is -3.80. The van der Waals surface area contributed by atoms with Gasteiger partial charge in [0.05, 0.1) is 35.8 Å². The topological polar surface area (TPSA) is 121 Å². The summed E-state index contributed by atoms with van der Waals surface area (Å²) in [6, 6.07) is 10.9. The number of hydrogen-bond donors (Lipinski definition) is 0. The number of esters is 1. The zero-order valence-corrected chi connectivity index (χ0v) is 19.1. The molecule has 2 heterocycles. The second-order valence-electron chi connectivity index (χ2n) is 6.97. The van der Waals surface area contributed by atoms with Crippen LogP contribution in [0.3, 0.4) is 0 Å². The molecule has 0 unspecified atom stereocenters. The van der Waals surface area contributed by atoms with E-state index in [0.717, 1.165) is 0 Å². The van der Waals surface area contributed by atoms with E-state index in [1.54, 1.807) is 31.4 Å². The van der Waals surface area contributed by atoms with E-state index in [1.165, 1.54) is 22.5 Å². The average Bonchev–Trinajstić information content (AvgIpc) is 3.32. The summed E-state index contributed by atoms with van der Waals surface area (Å²) in [5.74, 6) is 0.261. The lowest BCUT2D eigenvalue weighted by molar-refractivity contribution is 0.0429. The van der Waals surface area contributed by atoms with E-state index < -0.39 is 16.0 Å². The van der Waals surface area contributed by atoms with Crippen LogP contribution in [-0.4, -0.2) is 62.2 Å². The number of carbonyl (C=O) groups excluding carboxylic acids is 1. The molecule has 1 saturated heterocycles. The Labute approximate surface area is 195 Å². The standard InChI is InChI=1S/C21H20ClN3O7S/c1-29-15-4-2-14(3-5-15)20-23-19(32-24-20)13-31-21(26)17-12-16(6-7-18(17)22)33(27,28)25-8-10-30-11-9-25/h2-7,12H,8-11,13H2,1H3. The van der Waals surface area contributed by atoms with Crippen molar-refractivity contribution >= 4 is 27.6 Å². The SMILES string of the molecule is COc1ccc(-c2noc(COC(=O)c3cc(S(=O)(=O)N4CCOCC4)ccc3Cl)n2)cc1. The van der Waals surface area contributed by atoms with Gasteiger partial charge in [0, 0.05) is 18.7 Å². The molecule has 0 bridgehead atoms. The molecule has 2 aromatic carbocycles. The highest BCUT2D eigenvalue weighted by Gasteiger charge is 2.28. The van der Waals surface area contributed by atoms with Crippen LogP contribution in [0.5, 0.6) is 5.75 Å². The minimum absolute atomic E-state index is 0.0552. The molecular weight excluding hydrogens is 474 g/mol. The Bertz CT molecular complexity index is 1240. The van der Waals surface area contributed by atoms with Crippen LogP contribution in [0, 0.1) is 0 Å². The normalized spacial score (nSPS) is 14.7. The number of benzene rings is 2. The highest BCUT2D eigenvalue weighted by Crippen LogP contribution is 2.25. The summed E-state index contributed by atoms with van der Waals surface area (Å²) in [7, 11) is -2.23. The fourth-order valence-corrected chi connectivity index (χ4v) is 4.76. The highest BCUT2D eigenvalue weighted by atomic mass is 35.5. The molecule has 1 aliphatic rings. The first-order valence-electron chi connectivity index (χ1n) is 9.90. The van der Waals surface area contributed by atoms with Gasteiger partial charge in [-0.05, 0) is 42.5 Å². The van der Waals surface area contributed by atoms with Crippen molar-refractivity contribution in [3.8, 4) is 17.1 Å². The molecule has 3 aromatic rings. The van der Waals surface area contributed by atoms with Gasteiger partial charge in [-0.15, -0.1) is 0 Å². The molecule has 1 aromatic heterocycles. The van der Waals surface area contributed by atoms with E-state index in [-0.39, 0.29) is 41.1 Å². The molecule has 0 N–H and O–H groups in total. The molecule has 1 aliphatic heterocycles. The van der Waals surface area contributed by atoms with Gasteiger partial charge in [-0.25, -0.2) is 13.2 Å². The van der Waals surface area contributed by atoms with Crippen LogP contribution in [0.4, 0.5) is 0 Å². The van der Waals surface area contributed by atoms with Gasteiger partial charge in [0.2, 0.25) is 15.8 Å². The Kier molecular flexibility index (Phi) is 6.94. The van der Waals surface area contributed by atoms with Crippen molar-refractivity contribution in [1.29, 1.82) is 0 Å². The molecule has 1 fully saturated rings. The number of hydrogen-bond acceptors (Lipinski definition) is 9.